The van der Waals surface area contributed by atoms with Crippen LogP contribution < -0.4 is 14.4 Å². The SMILES string of the molecule is COc1cc(OC)c(Cl)c(CC(=O)N(C)c2cc(Cc3ccccc3[N+](=O)[O-])ncn2)c1Cl. The minimum absolute atomic E-state index is 0.00153. The molecule has 3 rings (SSSR count). The highest BCUT2D eigenvalue weighted by Gasteiger charge is 2.22. The molecule has 2 aromatic carbocycles. The van der Waals surface area contributed by atoms with Gasteiger partial charge in [0.05, 0.1) is 41.3 Å². The van der Waals surface area contributed by atoms with E-state index in [4.69, 9.17) is 32.7 Å². The lowest BCUT2D eigenvalue weighted by Crippen LogP contribution is -2.29. The van der Waals surface area contributed by atoms with Gasteiger partial charge in [-0.3, -0.25) is 19.8 Å². The molecule has 0 saturated carbocycles. The Labute approximate surface area is 200 Å². The second-order valence-electron chi connectivity index (χ2n) is 6.95. The van der Waals surface area contributed by atoms with Gasteiger partial charge in [0, 0.05) is 42.8 Å². The Balaban J connectivity index is 1.85. The molecule has 0 saturated heterocycles. The Kier molecular flexibility index (Phi) is 7.67. The molecule has 0 fully saturated rings. The number of carbonyl (C=O) groups excluding carboxylic acids is 1. The lowest BCUT2D eigenvalue weighted by molar-refractivity contribution is -0.385. The fourth-order valence-electron chi connectivity index (χ4n) is 3.19. The van der Waals surface area contributed by atoms with Gasteiger partial charge in [-0.15, -0.1) is 0 Å². The number of para-hydroxylation sites is 1. The molecular weight excluding hydrogens is 471 g/mol. The van der Waals surface area contributed by atoms with Crippen molar-refractivity contribution < 1.29 is 19.2 Å². The quantitative estimate of drug-likeness (QED) is 0.337. The molecule has 0 aliphatic heterocycles. The third kappa shape index (κ3) is 5.32. The topological polar surface area (TPSA) is 108 Å². The Morgan fingerprint density at radius 3 is 2.33 bits per heavy atom. The maximum Gasteiger partial charge on any atom is 0.272 e. The Hall–Kier alpha value is -3.43. The summed E-state index contributed by atoms with van der Waals surface area (Å²) in [6.07, 6.45) is 1.38. The van der Waals surface area contributed by atoms with Crippen molar-refractivity contribution in [3.05, 3.63) is 79.7 Å². The molecule has 0 unspecified atom stereocenters. The van der Waals surface area contributed by atoms with Gasteiger partial charge in [0.2, 0.25) is 5.91 Å². The largest absolute Gasteiger partial charge is 0.495 e. The Bertz CT molecular complexity index is 1180. The van der Waals surface area contributed by atoms with Gasteiger partial charge in [0.15, 0.2) is 0 Å². The number of nitro groups is 1. The van der Waals surface area contributed by atoms with E-state index in [0.717, 1.165) is 0 Å². The van der Waals surface area contributed by atoms with Crippen molar-refractivity contribution in [2.24, 2.45) is 0 Å². The number of amides is 1. The smallest absolute Gasteiger partial charge is 0.272 e. The van der Waals surface area contributed by atoms with Crippen LogP contribution in [0, 0.1) is 10.1 Å². The Morgan fingerprint density at radius 2 is 1.73 bits per heavy atom. The number of carbonyl (C=O) groups is 1. The standard InChI is InChI=1S/C22H20Cl2N4O5/c1-27(20(29)10-15-21(23)17(32-2)11-18(33-3)22(15)24)19-9-14(25-12-26-19)8-13-6-4-5-7-16(13)28(30)31/h4-7,9,11-12H,8,10H2,1-3H3. The summed E-state index contributed by atoms with van der Waals surface area (Å²) in [4.78, 5) is 33.5. The number of nitro benzene ring substituents is 1. The maximum absolute atomic E-state index is 13.0. The van der Waals surface area contributed by atoms with E-state index in [9.17, 15) is 14.9 Å². The normalized spacial score (nSPS) is 10.6. The zero-order valence-electron chi connectivity index (χ0n) is 18.0. The molecule has 172 valence electrons. The summed E-state index contributed by atoms with van der Waals surface area (Å²) < 4.78 is 10.5. The van der Waals surface area contributed by atoms with Gasteiger partial charge in [-0.1, -0.05) is 41.4 Å². The van der Waals surface area contributed by atoms with Gasteiger partial charge < -0.3 is 9.47 Å². The number of hydrogen-bond acceptors (Lipinski definition) is 7. The summed E-state index contributed by atoms with van der Waals surface area (Å²) >= 11 is 12.8. The molecule has 0 atom stereocenters. The minimum atomic E-state index is -0.441. The zero-order chi connectivity index (χ0) is 24.1. The van der Waals surface area contributed by atoms with E-state index in [1.807, 2.05) is 0 Å². The highest BCUT2D eigenvalue weighted by molar-refractivity contribution is 6.38. The number of ether oxygens (including phenoxy) is 2. The predicted octanol–water partition coefficient (Wildman–Crippen LogP) is 4.51. The fourth-order valence-corrected chi connectivity index (χ4v) is 3.82. The van der Waals surface area contributed by atoms with Crippen LogP contribution in [0.5, 0.6) is 11.5 Å². The monoisotopic (exact) mass is 490 g/mol. The van der Waals surface area contributed by atoms with Crippen molar-refractivity contribution >= 4 is 40.6 Å². The number of likely N-dealkylation sites (N-methyl/N-ethyl adjacent to an activating group) is 1. The van der Waals surface area contributed by atoms with Crippen molar-refractivity contribution in [3.8, 4) is 11.5 Å². The van der Waals surface area contributed by atoms with Gasteiger partial charge in [0.1, 0.15) is 23.6 Å². The number of anilines is 1. The second kappa shape index (κ2) is 10.5. The average Bonchev–Trinajstić information content (AvgIpc) is 2.81. The van der Waals surface area contributed by atoms with E-state index in [1.54, 1.807) is 37.4 Å². The van der Waals surface area contributed by atoms with Crippen LogP contribution in [0.3, 0.4) is 0 Å². The summed E-state index contributed by atoms with van der Waals surface area (Å²) in [5.74, 6) is 0.643. The summed E-state index contributed by atoms with van der Waals surface area (Å²) in [5, 5.41) is 11.7. The first kappa shape index (κ1) is 24.2. The van der Waals surface area contributed by atoms with E-state index in [1.165, 1.54) is 31.5 Å². The van der Waals surface area contributed by atoms with Crippen LogP contribution in [0.4, 0.5) is 11.5 Å². The number of methoxy groups -OCH3 is 2. The molecule has 0 aliphatic carbocycles. The Morgan fingerprint density at radius 1 is 1.09 bits per heavy atom. The van der Waals surface area contributed by atoms with Gasteiger partial charge in [-0.25, -0.2) is 9.97 Å². The molecule has 0 aliphatic rings. The molecule has 1 amide bonds. The molecule has 11 heteroatoms. The molecule has 3 aromatic rings. The molecule has 0 N–H and O–H groups in total. The zero-order valence-corrected chi connectivity index (χ0v) is 19.6. The fraction of sp³-hybridized carbons (Fsp3) is 0.227. The number of halogens is 2. The molecule has 1 heterocycles. The van der Waals surface area contributed by atoms with Crippen LogP contribution >= 0.6 is 23.2 Å². The minimum Gasteiger partial charge on any atom is -0.495 e. The predicted molar refractivity (Wildman–Crippen MR) is 125 cm³/mol. The first-order valence-electron chi connectivity index (χ1n) is 9.65. The maximum atomic E-state index is 13.0. The van der Waals surface area contributed by atoms with Crippen LogP contribution in [-0.2, 0) is 17.6 Å². The van der Waals surface area contributed by atoms with Crippen molar-refractivity contribution in [2.45, 2.75) is 12.8 Å². The highest BCUT2D eigenvalue weighted by atomic mass is 35.5. The number of aromatic nitrogens is 2. The third-order valence-corrected chi connectivity index (χ3v) is 5.81. The molecule has 1 aromatic heterocycles. The third-order valence-electron chi connectivity index (χ3n) is 4.98. The summed E-state index contributed by atoms with van der Waals surface area (Å²) in [6.45, 7) is 0. The molecule has 0 bridgehead atoms. The van der Waals surface area contributed by atoms with Gasteiger partial charge in [-0.05, 0) is 0 Å². The number of benzene rings is 2. The number of hydrogen-bond donors (Lipinski definition) is 0. The van der Waals surface area contributed by atoms with Crippen LogP contribution in [0.1, 0.15) is 16.8 Å². The molecular formula is C22H20Cl2N4O5. The van der Waals surface area contributed by atoms with Gasteiger partial charge in [-0.2, -0.15) is 0 Å². The van der Waals surface area contributed by atoms with Crippen molar-refractivity contribution in [1.29, 1.82) is 0 Å². The van der Waals surface area contributed by atoms with E-state index >= 15 is 0 Å². The van der Waals surface area contributed by atoms with Crippen molar-refractivity contribution in [2.75, 3.05) is 26.2 Å². The van der Waals surface area contributed by atoms with Crippen LogP contribution in [0.2, 0.25) is 10.0 Å². The van der Waals surface area contributed by atoms with E-state index in [0.29, 0.717) is 34.1 Å². The number of rotatable bonds is 8. The molecule has 0 radical (unpaired) electrons. The second-order valence-corrected chi connectivity index (χ2v) is 7.70. The van der Waals surface area contributed by atoms with Gasteiger partial charge >= 0.3 is 0 Å². The van der Waals surface area contributed by atoms with E-state index in [2.05, 4.69) is 9.97 Å². The molecule has 0 spiro atoms. The first-order chi connectivity index (χ1) is 15.8. The van der Waals surface area contributed by atoms with Crippen LogP contribution in [0.25, 0.3) is 0 Å². The summed E-state index contributed by atoms with van der Waals surface area (Å²) in [7, 11) is 4.45. The van der Waals surface area contributed by atoms with E-state index in [-0.39, 0.29) is 34.5 Å². The van der Waals surface area contributed by atoms with E-state index < -0.39 is 4.92 Å². The summed E-state index contributed by atoms with van der Waals surface area (Å²) in [5.41, 5.74) is 1.38. The van der Waals surface area contributed by atoms with Crippen molar-refractivity contribution in [3.63, 3.8) is 0 Å². The van der Waals surface area contributed by atoms with Crippen molar-refractivity contribution in [1.82, 2.24) is 9.97 Å². The average molecular weight is 491 g/mol. The van der Waals surface area contributed by atoms with Gasteiger partial charge in [0.25, 0.3) is 5.69 Å². The number of nitrogens with zero attached hydrogens (tertiary/aromatic N) is 4. The highest BCUT2D eigenvalue weighted by Crippen LogP contribution is 2.40. The molecule has 9 nitrogen and oxygen atoms in total. The lowest BCUT2D eigenvalue weighted by Gasteiger charge is -2.19. The lowest BCUT2D eigenvalue weighted by atomic mass is 10.1. The van der Waals surface area contributed by atoms with Crippen LogP contribution in [0.15, 0.2) is 42.7 Å². The van der Waals surface area contributed by atoms with Crippen LogP contribution in [-0.4, -0.2) is 42.1 Å². The molecule has 33 heavy (non-hydrogen) atoms. The first-order valence-corrected chi connectivity index (χ1v) is 10.4. The summed E-state index contributed by atoms with van der Waals surface area (Å²) in [6, 6.07) is 9.56.